The highest BCUT2D eigenvalue weighted by molar-refractivity contribution is 5.94. The van der Waals surface area contributed by atoms with Crippen molar-refractivity contribution in [3.05, 3.63) is 30.2 Å². The summed E-state index contributed by atoms with van der Waals surface area (Å²) in [6.07, 6.45) is 2.30. The summed E-state index contributed by atoms with van der Waals surface area (Å²) in [7, 11) is 0. The second-order valence-corrected chi connectivity index (χ2v) is 5.56. The Morgan fingerprint density at radius 3 is 2.83 bits per heavy atom. The number of hydrogen-bond acceptors (Lipinski definition) is 5. The molecule has 1 fully saturated rings. The summed E-state index contributed by atoms with van der Waals surface area (Å²) in [4.78, 5) is 23.5. The van der Waals surface area contributed by atoms with Gasteiger partial charge in [0.1, 0.15) is 5.69 Å². The van der Waals surface area contributed by atoms with Crippen LogP contribution in [0.15, 0.2) is 28.9 Å². The highest BCUT2D eigenvalue weighted by Crippen LogP contribution is 2.25. The van der Waals surface area contributed by atoms with E-state index in [1.807, 2.05) is 0 Å². The van der Waals surface area contributed by atoms with E-state index in [0.29, 0.717) is 37.5 Å². The molecule has 1 aliphatic heterocycles. The maximum absolute atomic E-state index is 12.4. The van der Waals surface area contributed by atoms with E-state index in [1.54, 1.807) is 18.2 Å². The van der Waals surface area contributed by atoms with Crippen molar-refractivity contribution >= 4 is 11.9 Å². The Kier molecular flexibility index (Phi) is 4.16. The van der Waals surface area contributed by atoms with Gasteiger partial charge in [0, 0.05) is 19.3 Å². The predicted octanol–water partition coefficient (Wildman–Crippen LogP) is 1.42. The molecule has 8 heteroatoms. The monoisotopic (exact) mass is 319 g/mol. The number of aromatic amines is 1. The largest absolute Gasteiger partial charge is 0.481 e. The van der Waals surface area contributed by atoms with Gasteiger partial charge in [-0.25, -0.2) is 0 Å². The zero-order valence-corrected chi connectivity index (χ0v) is 12.4. The van der Waals surface area contributed by atoms with Gasteiger partial charge in [0.2, 0.25) is 0 Å². The topological polar surface area (TPSA) is 117 Å². The summed E-state index contributed by atoms with van der Waals surface area (Å²) in [5.74, 6) is -0.796. The van der Waals surface area contributed by atoms with Gasteiger partial charge in [-0.2, -0.15) is 5.10 Å². The number of aromatic nitrogens is 2. The fourth-order valence-electron chi connectivity index (χ4n) is 2.70. The molecular formula is C15H17N3O5. The van der Waals surface area contributed by atoms with E-state index in [0.717, 1.165) is 0 Å². The number of furan rings is 1. The number of H-pyrrole nitrogens is 1. The van der Waals surface area contributed by atoms with E-state index in [9.17, 15) is 9.59 Å². The highest BCUT2D eigenvalue weighted by Gasteiger charge is 2.37. The van der Waals surface area contributed by atoms with E-state index >= 15 is 0 Å². The Morgan fingerprint density at radius 2 is 2.17 bits per heavy atom. The molecule has 2 aromatic heterocycles. The molecule has 1 aliphatic rings. The average molecular weight is 319 g/mol. The van der Waals surface area contributed by atoms with E-state index < -0.39 is 17.4 Å². The highest BCUT2D eigenvalue weighted by atomic mass is 16.5. The first kappa shape index (κ1) is 15.3. The number of hydrogen-bond donors (Lipinski definition) is 3. The number of ether oxygens (including phenoxy) is 1. The van der Waals surface area contributed by atoms with Gasteiger partial charge < -0.3 is 19.6 Å². The van der Waals surface area contributed by atoms with Crippen LogP contribution in [0.5, 0.6) is 0 Å². The van der Waals surface area contributed by atoms with Crippen molar-refractivity contribution in [3.63, 3.8) is 0 Å². The van der Waals surface area contributed by atoms with Crippen molar-refractivity contribution < 1.29 is 23.8 Å². The number of rotatable bonds is 5. The first-order chi connectivity index (χ1) is 11.1. The Bertz CT molecular complexity index is 686. The summed E-state index contributed by atoms with van der Waals surface area (Å²) in [5.41, 5.74) is -0.0302. The molecule has 0 atom stereocenters. The van der Waals surface area contributed by atoms with Crippen LogP contribution in [0.2, 0.25) is 0 Å². The number of carbonyl (C=O) groups excluding carboxylic acids is 1. The normalized spacial score (nSPS) is 16.9. The molecular weight excluding hydrogens is 302 g/mol. The molecule has 1 amide bonds. The summed E-state index contributed by atoms with van der Waals surface area (Å²) < 4.78 is 10.5. The molecule has 8 nitrogen and oxygen atoms in total. The van der Waals surface area contributed by atoms with Crippen LogP contribution in [0.3, 0.4) is 0 Å². The van der Waals surface area contributed by atoms with Crippen LogP contribution < -0.4 is 5.32 Å². The minimum atomic E-state index is -0.953. The lowest BCUT2D eigenvalue weighted by Crippen LogP contribution is -2.53. The van der Waals surface area contributed by atoms with Crippen LogP contribution in [0.4, 0.5) is 0 Å². The van der Waals surface area contributed by atoms with Crippen molar-refractivity contribution in [2.45, 2.75) is 24.8 Å². The van der Waals surface area contributed by atoms with Crippen molar-refractivity contribution in [1.29, 1.82) is 0 Å². The molecule has 3 heterocycles. The number of carbonyl (C=O) groups is 2. The average Bonchev–Trinajstić information content (AvgIpc) is 3.18. The lowest BCUT2D eigenvalue weighted by Gasteiger charge is -2.36. The Labute approximate surface area is 131 Å². The number of carboxylic acid groups (broad SMARTS) is 1. The summed E-state index contributed by atoms with van der Waals surface area (Å²) in [6.45, 7) is 0.845. The van der Waals surface area contributed by atoms with Crippen molar-refractivity contribution in [2.24, 2.45) is 0 Å². The molecule has 0 aromatic carbocycles. The quantitative estimate of drug-likeness (QED) is 0.767. The Balaban J connectivity index is 1.75. The minimum absolute atomic E-state index is 0.141. The minimum Gasteiger partial charge on any atom is -0.481 e. The Hall–Kier alpha value is -2.61. The van der Waals surface area contributed by atoms with Crippen LogP contribution in [0.25, 0.3) is 11.5 Å². The molecule has 0 aliphatic carbocycles. The third-order valence-electron chi connectivity index (χ3n) is 3.92. The van der Waals surface area contributed by atoms with Crippen LogP contribution in [-0.2, 0) is 9.53 Å². The smallest absolute Gasteiger partial charge is 0.305 e. The van der Waals surface area contributed by atoms with E-state index in [4.69, 9.17) is 14.3 Å². The van der Waals surface area contributed by atoms with Gasteiger partial charge >= 0.3 is 5.97 Å². The molecule has 23 heavy (non-hydrogen) atoms. The fraction of sp³-hybridized carbons (Fsp3) is 0.400. The van der Waals surface area contributed by atoms with E-state index in [-0.39, 0.29) is 12.1 Å². The number of aliphatic carboxylic acids is 1. The second-order valence-electron chi connectivity index (χ2n) is 5.56. The summed E-state index contributed by atoms with van der Waals surface area (Å²) in [6, 6.07) is 5.06. The van der Waals surface area contributed by atoms with Crippen LogP contribution in [0, 0.1) is 0 Å². The maximum Gasteiger partial charge on any atom is 0.305 e. The Morgan fingerprint density at radius 1 is 1.39 bits per heavy atom. The zero-order valence-electron chi connectivity index (χ0n) is 12.4. The second kappa shape index (κ2) is 6.25. The lowest BCUT2D eigenvalue weighted by atomic mass is 9.86. The predicted molar refractivity (Wildman–Crippen MR) is 78.8 cm³/mol. The molecule has 122 valence electrons. The van der Waals surface area contributed by atoms with E-state index in [1.165, 1.54) is 6.26 Å². The van der Waals surface area contributed by atoms with Gasteiger partial charge in [-0.1, -0.05) is 0 Å². The summed E-state index contributed by atoms with van der Waals surface area (Å²) >= 11 is 0. The third-order valence-corrected chi connectivity index (χ3v) is 3.92. The van der Waals surface area contributed by atoms with Gasteiger partial charge in [0.15, 0.2) is 11.5 Å². The number of nitrogens with zero attached hydrogens (tertiary/aromatic N) is 1. The molecule has 2 aromatic rings. The lowest BCUT2D eigenvalue weighted by molar-refractivity contribution is -0.139. The van der Waals surface area contributed by atoms with Crippen LogP contribution in [-0.4, -0.2) is 45.9 Å². The number of amides is 1. The van der Waals surface area contributed by atoms with Gasteiger partial charge in [0.05, 0.1) is 18.2 Å². The number of nitrogens with one attached hydrogen (secondary N) is 2. The fourth-order valence-corrected chi connectivity index (χ4v) is 2.70. The van der Waals surface area contributed by atoms with Gasteiger partial charge in [0.25, 0.3) is 5.91 Å². The summed E-state index contributed by atoms with van der Waals surface area (Å²) in [5, 5.41) is 18.6. The molecule has 0 radical (unpaired) electrons. The van der Waals surface area contributed by atoms with Crippen molar-refractivity contribution in [3.8, 4) is 11.5 Å². The molecule has 0 unspecified atom stereocenters. The first-order valence-corrected chi connectivity index (χ1v) is 7.29. The molecule has 0 saturated carbocycles. The molecule has 0 bridgehead atoms. The zero-order chi connectivity index (χ0) is 16.3. The van der Waals surface area contributed by atoms with Crippen molar-refractivity contribution in [1.82, 2.24) is 15.5 Å². The van der Waals surface area contributed by atoms with Crippen LogP contribution in [0.1, 0.15) is 29.8 Å². The molecule has 3 rings (SSSR count). The third kappa shape index (κ3) is 3.42. The standard InChI is InChI=1S/C15H17N3O5/c19-13(20)9-15(3-6-22-7-4-15)16-14(21)11-8-10(17-18-11)12-2-1-5-23-12/h1-2,5,8H,3-4,6-7,9H2,(H,16,21)(H,17,18)(H,19,20). The van der Waals surface area contributed by atoms with E-state index in [2.05, 4.69) is 15.5 Å². The van der Waals surface area contributed by atoms with Crippen molar-refractivity contribution in [2.75, 3.05) is 13.2 Å². The maximum atomic E-state index is 12.4. The first-order valence-electron chi connectivity index (χ1n) is 7.29. The van der Waals surface area contributed by atoms with Gasteiger partial charge in [-0.05, 0) is 25.0 Å². The van der Waals surface area contributed by atoms with Gasteiger partial charge in [-0.3, -0.25) is 14.7 Å². The molecule has 0 spiro atoms. The molecule has 3 N–H and O–H groups in total. The SMILES string of the molecule is O=C(O)CC1(NC(=O)c2cc(-c3ccco3)[nH]n2)CCOCC1. The van der Waals surface area contributed by atoms with Crippen LogP contribution >= 0.6 is 0 Å². The molecule has 1 saturated heterocycles. The van der Waals surface area contributed by atoms with Gasteiger partial charge in [-0.15, -0.1) is 0 Å². The number of carboxylic acids is 1.